The van der Waals surface area contributed by atoms with Crippen LogP contribution in [0.4, 0.5) is 0 Å². The number of nitrogens with one attached hydrogen (secondary N) is 1. The maximum absolute atomic E-state index is 12.3. The molecule has 1 atom stereocenters. The van der Waals surface area contributed by atoms with Crippen LogP contribution in [0.2, 0.25) is 0 Å². The van der Waals surface area contributed by atoms with Crippen molar-refractivity contribution >= 4 is 23.6 Å². The minimum absolute atomic E-state index is 0.0444. The molecule has 4 rings (SSSR count). The van der Waals surface area contributed by atoms with Gasteiger partial charge in [0.05, 0.1) is 17.0 Å². The van der Waals surface area contributed by atoms with E-state index in [9.17, 15) is 19.2 Å². The van der Waals surface area contributed by atoms with Crippen molar-refractivity contribution in [3.8, 4) is 0 Å². The summed E-state index contributed by atoms with van der Waals surface area (Å²) in [6.45, 7) is 0.797. The largest absolute Gasteiger partial charge is 0.354 e. The Bertz CT molecular complexity index is 736. The molecule has 0 bridgehead atoms. The summed E-state index contributed by atoms with van der Waals surface area (Å²) in [6.07, 6.45) is 2.30. The van der Waals surface area contributed by atoms with Crippen molar-refractivity contribution in [2.45, 2.75) is 25.3 Å². The summed E-state index contributed by atoms with van der Waals surface area (Å²) in [7, 11) is 0. The Kier molecular flexibility index (Phi) is 3.78. The molecule has 2 fully saturated rings. The zero-order valence-electron chi connectivity index (χ0n) is 13.7. The molecule has 7 heteroatoms. The fourth-order valence-corrected chi connectivity index (χ4v) is 3.52. The quantitative estimate of drug-likeness (QED) is 0.786. The van der Waals surface area contributed by atoms with E-state index in [4.69, 9.17) is 0 Å². The molecule has 2 aliphatic heterocycles. The van der Waals surface area contributed by atoms with Crippen molar-refractivity contribution in [2.75, 3.05) is 19.6 Å². The second-order valence-electron chi connectivity index (χ2n) is 6.78. The summed E-state index contributed by atoms with van der Waals surface area (Å²) in [5, 5.41) is 2.76. The SMILES string of the molecule is O=C(NCCN1C(=O)c2ccccc2C1=O)[C@H]1CC(=O)N(C2CC2)C1. The molecule has 25 heavy (non-hydrogen) atoms. The molecule has 0 radical (unpaired) electrons. The van der Waals surface area contributed by atoms with Gasteiger partial charge in [0, 0.05) is 32.1 Å². The maximum Gasteiger partial charge on any atom is 0.261 e. The number of rotatable bonds is 5. The van der Waals surface area contributed by atoms with Crippen LogP contribution in [-0.2, 0) is 9.59 Å². The summed E-state index contributed by atoms with van der Waals surface area (Å²) in [5.41, 5.74) is 0.806. The third-order valence-corrected chi connectivity index (χ3v) is 5.03. The lowest BCUT2D eigenvalue weighted by atomic mass is 10.1. The first-order valence-electron chi connectivity index (χ1n) is 8.58. The molecule has 0 unspecified atom stereocenters. The number of imide groups is 1. The van der Waals surface area contributed by atoms with Gasteiger partial charge < -0.3 is 10.2 Å². The normalized spacial score (nSPS) is 22.6. The smallest absolute Gasteiger partial charge is 0.261 e. The third-order valence-electron chi connectivity index (χ3n) is 5.03. The van der Waals surface area contributed by atoms with E-state index >= 15 is 0 Å². The Morgan fingerprint density at radius 2 is 1.72 bits per heavy atom. The average Bonchev–Trinajstić information content (AvgIpc) is 3.34. The summed E-state index contributed by atoms with van der Waals surface area (Å²) < 4.78 is 0. The molecule has 1 saturated heterocycles. The molecule has 1 aromatic rings. The van der Waals surface area contributed by atoms with Gasteiger partial charge in [-0.3, -0.25) is 24.1 Å². The summed E-state index contributed by atoms with van der Waals surface area (Å²) in [5.74, 6) is -1.14. The molecule has 1 saturated carbocycles. The molecule has 1 aromatic carbocycles. The molecule has 4 amide bonds. The standard InChI is InChI=1S/C18H19N3O4/c22-15-9-11(10-21(15)12-5-6-12)16(23)19-7-8-20-17(24)13-3-1-2-4-14(13)18(20)25/h1-4,11-12H,5-10H2,(H,19,23)/t11-/m0/s1. The van der Waals surface area contributed by atoms with Crippen molar-refractivity contribution in [1.82, 2.24) is 15.1 Å². The van der Waals surface area contributed by atoms with Crippen LogP contribution >= 0.6 is 0 Å². The van der Waals surface area contributed by atoms with E-state index in [-0.39, 0.29) is 49.1 Å². The van der Waals surface area contributed by atoms with Gasteiger partial charge in [0.25, 0.3) is 11.8 Å². The Labute approximate surface area is 145 Å². The van der Waals surface area contributed by atoms with E-state index in [2.05, 4.69) is 5.32 Å². The Hall–Kier alpha value is -2.70. The van der Waals surface area contributed by atoms with Gasteiger partial charge in [0.1, 0.15) is 0 Å². The monoisotopic (exact) mass is 341 g/mol. The molecular formula is C18H19N3O4. The highest BCUT2D eigenvalue weighted by molar-refractivity contribution is 6.21. The van der Waals surface area contributed by atoms with Crippen molar-refractivity contribution in [3.63, 3.8) is 0 Å². The highest BCUT2D eigenvalue weighted by atomic mass is 16.2. The molecule has 130 valence electrons. The zero-order chi connectivity index (χ0) is 17.6. The van der Waals surface area contributed by atoms with Crippen LogP contribution in [-0.4, -0.2) is 59.1 Å². The van der Waals surface area contributed by atoms with Crippen molar-refractivity contribution in [1.29, 1.82) is 0 Å². The van der Waals surface area contributed by atoms with Crippen LogP contribution in [0.15, 0.2) is 24.3 Å². The van der Waals surface area contributed by atoms with Gasteiger partial charge in [0.15, 0.2) is 0 Å². The Morgan fingerprint density at radius 3 is 2.32 bits per heavy atom. The second kappa shape index (κ2) is 5.98. The van der Waals surface area contributed by atoms with Crippen LogP contribution in [0.5, 0.6) is 0 Å². The lowest BCUT2D eigenvalue weighted by molar-refractivity contribution is -0.129. The van der Waals surface area contributed by atoms with Gasteiger partial charge in [-0.25, -0.2) is 0 Å². The number of amides is 4. The number of hydrogen-bond donors (Lipinski definition) is 1. The van der Waals surface area contributed by atoms with Gasteiger partial charge in [0.2, 0.25) is 11.8 Å². The number of fused-ring (bicyclic) bond motifs is 1. The highest BCUT2D eigenvalue weighted by Crippen LogP contribution is 2.32. The molecule has 0 spiro atoms. The molecule has 3 aliphatic rings. The van der Waals surface area contributed by atoms with Gasteiger partial charge in [-0.2, -0.15) is 0 Å². The molecule has 0 aromatic heterocycles. The number of hydrogen-bond acceptors (Lipinski definition) is 4. The Balaban J connectivity index is 1.30. The van der Waals surface area contributed by atoms with Gasteiger partial charge in [-0.05, 0) is 25.0 Å². The van der Waals surface area contributed by atoms with Crippen LogP contribution in [0.25, 0.3) is 0 Å². The third kappa shape index (κ3) is 2.79. The molecular weight excluding hydrogens is 322 g/mol. The predicted octanol–water partition coefficient (Wildman–Crippen LogP) is 0.410. The van der Waals surface area contributed by atoms with Gasteiger partial charge >= 0.3 is 0 Å². The number of carbonyl (C=O) groups is 4. The molecule has 1 aliphatic carbocycles. The van der Waals surface area contributed by atoms with Gasteiger partial charge in [-0.15, -0.1) is 0 Å². The topological polar surface area (TPSA) is 86.8 Å². The lowest BCUT2D eigenvalue weighted by Crippen LogP contribution is -2.40. The van der Waals surface area contributed by atoms with Crippen LogP contribution in [0, 0.1) is 5.92 Å². The molecule has 7 nitrogen and oxygen atoms in total. The van der Waals surface area contributed by atoms with E-state index in [0.717, 1.165) is 17.7 Å². The highest BCUT2D eigenvalue weighted by Gasteiger charge is 2.41. The predicted molar refractivity (Wildman–Crippen MR) is 87.7 cm³/mol. The van der Waals surface area contributed by atoms with Gasteiger partial charge in [-0.1, -0.05) is 12.1 Å². The first-order chi connectivity index (χ1) is 12.1. The molecule has 2 heterocycles. The van der Waals surface area contributed by atoms with Crippen LogP contribution < -0.4 is 5.32 Å². The zero-order valence-corrected chi connectivity index (χ0v) is 13.7. The van der Waals surface area contributed by atoms with Crippen molar-refractivity contribution < 1.29 is 19.2 Å². The van der Waals surface area contributed by atoms with E-state index in [1.165, 1.54) is 0 Å². The second-order valence-corrected chi connectivity index (χ2v) is 6.78. The minimum Gasteiger partial charge on any atom is -0.354 e. The number of carbonyl (C=O) groups excluding carboxylic acids is 4. The minimum atomic E-state index is -0.338. The first-order valence-corrected chi connectivity index (χ1v) is 8.58. The summed E-state index contributed by atoms with van der Waals surface area (Å²) in [4.78, 5) is 51.6. The van der Waals surface area contributed by atoms with E-state index in [0.29, 0.717) is 23.7 Å². The van der Waals surface area contributed by atoms with Crippen molar-refractivity contribution in [3.05, 3.63) is 35.4 Å². The average molecular weight is 341 g/mol. The van der Waals surface area contributed by atoms with E-state index in [1.54, 1.807) is 29.2 Å². The molecule has 1 N–H and O–H groups in total. The summed E-state index contributed by atoms with van der Waals surface area (Å²) in [6, 6.07) is 7.02. The van der Waals surface area contributed by atoms with Crippen molar-refractivity contribution in [2.24, 2.45) is 5.92 Å². The maximum atomic E-state index is 12.3. The summed E-state index contributed by atoms with van der Waals surface area (Å²) >= 11 is 0. The fraction of sp³-hybridized carbons (Fsp3) is 0.444. The van der Waals surface area contributed by atoms with Crippen LogP contribution in [0.1, 0.15) is 40.0 Å². The number of nitrogens with zero attached hydrogens (tertiary/aromatic N) is 2. The fourth-order valence-electron chi connectivity index (χ4n) is 3.52. The first kappa shape index (κ1) is 15.8. The van der Waals surface area contributed by atoms with E-state index < -0.39 is 0 Å². The van der Waals surface area contributed by atoms with Crippen LogP contribution in [0.3, 0.4) is 0 Å². The lowest BCUT2D eigenvalue weighted by Gasteiger charge is -2.17. The number of benzene rings is 1. The van der Waals surface area contributed by atoms with E-state index in [1.807, 2.05) is 0 Å². The number of likely N-dealkylation sites (tertiary alicyclic amines) is 1. The Morgan fingerprint density at radius 1 is 1.08 bits per heavy atom.